The predicted molar refractivity (Wildman–Crippen MR) is 79.7 cm³/mol. The Labute approximate surface area is 128 Å². The first kappa shape index (κ1) is 15.8. The van der Waals surface area contributed by atoms with Crippen molar-refractivity contribution in [3.05, 3.63) is 29.0 Å². The smallest absolute Gasteiger partial charge is 0.252 e. The number of nitrogens with zero attached hydrogens (tertiary/aromatic N) is 1. The number of hydrogen-bond donors (Lipinski definition) is 1. The maximum atomic E-state index is 13.7. The molecule has 1 atom stereocenters. The highest BCUT2D eigenvalue weighted by atomic mass is 35.5. The number of carbonyl (C=O) groups excluding carboxylic acids is 2. The first-order chi connectivity index (χ1) is 9.97. The van der Waals surface area contributed by atoms with Gasteiger partial charge in [-0.25, -0.2) is 4.39 Å². The average molecular weight is 313 g/mol. The van der Waals surface area contributed by atoms with Crippen molar-refractivity contribution in [1.82, 2.24) is 4.90 Å². The molecule has 6 heteroatoms. The normalized spacial score (nSPS) is 18.7. The van der Waals surface area contributed by atoms with Crippen LogP contribution in [0.15, 0.2) is 18.2 Å². The van der Waals surface area contributed by atoms with Crippen LogP contribution in [0.4, 0.5) is 10.1 Å². The molecule has 1 aliphatic heterocycles. The number of nitrogens with one attached hydrogen (secondary N) is 1. The summed E-state index contributed by atoms with van der Waals surface area (Å²) in [6.45, 7) is 3.87. The largest absolute Gasteiger partial charge is 0.371 e. The zero-order valence-electron chi connectivity index (χ0n) is 12.0. The number of rotatable bonds is 5. The molecule has 0 radical (unpaired) electrons. The average Bonchev–Trinajstić information content (AvgIpc) is 2.72. The Bertz CT molecular complexity index is 561. The van der Waals surface area contributed by atoms with E-state index in [-0.39, 0.29) is 30.0 Å². The molecule has 2 amide bonds. The van der Waals surface area contributed by atoms with E-state index in [1.807, 2.05) is 13.8 Å². The molecule has 1 N–H and O–H groups in total. The molecular weight excluding hydrogens is 295 g/mol. The molecule has 0 bridgehead atoms. The highest BCUT2D eigenvalue weighted by Gasteiger charge is 2.41. The van der Waals surface area contributed by atoms with E-state index in [2.05, 4.69) is 5.32 Å². The zero-order chi connectivity index (χ0) is 15.6. The molecule has 0 saturated carbocycles. The number of amides is 2. The van der Waals surface area contributed by atoms with Gasteiger partial charge in [-0.1, -0.05) is 25.4 Å². The van der Waals surface area contributed by atoms with Crippen molar-refractivity contribution >= 4 is 29.1 Å². The van der Waals surface area contributed by atoms with Crippen LogP contribution in [0.1, 0.15) is 33.1 Å². The van der Waals surface area contributed by atoms with Crippen molar-refractivity contribution in [3.63, 3.8) is 0 Å². The summed E-state index contributed by atoms with van der Waals surface area (Å²) in [5.74, 6) is -1.01. The maximum absolute atomic E-state index is 13.7. The second kappa shape index (κ2) is 6.43. The van der Waals surface area contributed by atoms with Crippen molar-refractivity contribution in [2.75, 3.05) is 5.32 Å². The van der Waals surface area contributed by atoms with E-state index in [1.54, 1.807) is 0 Å². The fraction of sp³-hybridized carbons (Fsp3) is 0.467. The highest BCUT2D eigenvalue weighted by molar-refractivity contribution is 6.30. The summed E-state index contributed by atoms with van der Waals surface area (Å²) in [5, 5.41) is 3.16. The van der Waals surface area contributed by atoms with Gasteiger partial charge >= 0.3 is 0 Å². The third kappa shape index (κ3) is 3.18. The molecule has 0 aromatic heterocycles. The fourth-order valence-electron chi connectivity index (χ4n) is 2.60. The van der Waals surface area contributed by atoms with Gasteiger partial charge in [0.2, 0.25) is 5.91 Å². The second-order valence-corrected chi connectivity index (χ2v) is 5.53. The van der Waals surface area contributed by atoms with Crippen molar-refractivity contribution in [1.29, 1.82) is 0 Å². The molecule has 2 rings (SSSR count). The number of hydrogen-bond acceptors (Lipinski definition) is 3. The minimum absolute atomic E-state index is 0.0429. The summed E-state index contributed by atoms with van der Waals surface area (Å²) < 4.78 is 13.7. The van der Waals surface area contributed by atoms with Crippen LogP contribution in [-0.2, 0) is 9.59 Å². The van der Waals surface area contributed by atoms with Crippen molar-refractivity contribution in [2.24, 2.45) is 0 Å². The molecule has 21 heavy (non-hydrogen) atoms. The van der Waals surface area contributed by atoms with E-state index in [1.165, 1.54) is 23.1 Å². The Morgan fingerprint density at radius 3 is 2.67 bits per heavy atom. The number of benzene rings is 1. The lowest BCUT2D eigenvalue weighted by atomic mass is 10.1. The van der Waals surface area contributed by atoms with Gasteiger partial charge in [0.25, 0.3) is 5.91 Å². The maximum Gasteiger partial charge on any atom is 0.252 e. The summed E-state index contributed by atoms with van der Waals surface area (Å²) in [6, 6.07) is 3.24. The summed E-state index contributed by atoms with van der Waals surface area (Å²) in [5.41, 5.74) is 0.139. The molecule has 4 nitrogen and oxygen atoms in total. The van der Waals surface area contributed by atoms with Gasteiger partial charge in [-0.05, 0) is 31.0 Å². The minimum atomic E-state index is -0.730. The lowest BCUT2D eigenvalue weighted by molar-refractivity contribution is -0.141. The van der Waals surface area contributed by atoms with Gasteiger partial charge in [-0.15, -0.1) is 0 Å². The number of halogens is 2. The van der Waals surface area contributed by atoms with Crippen LogP contribution in [0.2, 0.25) is 5.02 Å². The van der Waals surface area contributed by atoms with E-state index >= 15 is 0 Å². The lowest BCUT2D eigenvalue weighted by Gasteiger charge is -2.24. The topological polar surface area (TPSA) is 49.4 Å². The van der Waals surface area contributed by atoms with E-state index in [0.29, 0.717) is 17.9 Å². The van der Waals surface area contributed by atoms with Crippen LogP contribution in [0.5, 0.6) is 0 Å². The first-order valence-corrected chi connectivity index (χ1v) is 7.43. The number of likely N-dealkylation sites (tertiary alicyclic amines) is 1. The Balaban J connectivity index is 2.17. The molecule has 1 unspecified atom stereocenters. The van der Waals surface area contributed by atoms with Crippen molar-refractivity contribution < 1.29 is 14.0 Å². The van der Waals surface area contributed by atoms with Crippen LogP contribution >= 0.6 is 11.6 Å². The Kier molecular flexibility index (Phi) is 4.83. The highest BCUT2D eigenvalue weighted by Crippen LogP contribution is 2.25. The van der Waals surface area contributed by atoms with Gasteiger partial charge in [-0.3, -0.25) is 14.5 Å². The van der Waals surface area contributed by atoms with Gasteiger partial charge in [0.15, 0.2) is 0 Å². The minimum Gasteiger partial charge on any atom is -0.371 e. The van der Waals surface area contributed by atoms with E-state index in [4.69, 9.17) is 11.6 Å². The number of anilines is 1. The molecule has 1 aromatic carbocycles. The van der Waals surface area contributed by atoms with Crippen LogP contribution in [-0.4, -0.2) is 28.8 Å². The third-order valence-corrected chi connectivity index (χ3v) is 3.98. The molecule has 114 valence electrons. The first-order valence-electron chi connectivity index (χ1n) is 7.05. The summed E-state index contributed by atoms with van der Waals surface area (Å²) in [6.07, 6.45) is 1.47. The summed E-state index contributed by atoms with van der Waals surface area (Å²) in [7, 11) is 0. The van der Waals surface area contributed by atoms with Crippen LogP contribution in [0, 0.1) is 5.82 Å². The van der Waals surface area contributed by atoms with Gasteiger partial charge in [-0.2, -0.15) is 0 Å². The molecule has 1 heterocycles. The van der Waals surface area contributed by atoms with E-state index in [9.17, 15) is 14.0 Å². The molecular formula is C15H18ClFN2O2. The summed E-state index contributed by atoms with van der Waals surface area (Å²) >= 11 is 5.82. The standard InChI is InChI=1S/C15H18ClFN2O2/c1-3-10(4-2)19-14(20)8-13(15(19)21)18-12-7-9(16)5-6-11(12)17/h5-7,10,13,18H,3-4,8H2,1-2H3. The quantitative estimate of drug-likeness (QED) is 0.849. The molecule has 1 aliphatic rings. The van der Waals surface area contributed by atoms with E-state index < -0.39 is 11.9 Å². The van der Waals surface area contributed by atoms with Gasteiger partial charge in [0.05, 0.1) is 12.1 Å². The molecule has 0 aliphatic carbocycles. The zero-order valence-corrected chi connectivity index (χ0v) is 12.8. The Morgan fingerprint density at radius 2 is 2.05 bits per heavy atom. The SMILES string of the molecule is CCC(CC)N1C(=O)CC(Nc2cc(Cl)ccc2F)C1=O. The Hall–Kier alpha value is -1.62. The lowest BCUT2D eigenvalue weighted by Crippen LogP contribution is -2.41. The third-order valence-electron chi connectivity index (χ3n) is 3.75. The van der Waals surface area contributed by atoms with Crippen molar-refractivity contribution in [3.8, 4) is 0 Å². The molecule has 1 saturated heterocycles. The summed E-state index contributed by atoms with van der Waals surface area (Å²) in [4.78, 5) is 25.7. The van der Waals surface area contributed by atoms with Crippen molar-refractivity contribution in [2.45, 2.75) is 45.2 Å². The van der Waals surface area contributed by atoms with Crippen LogP contribution in [0.3, 0.4) is 0 Å². The molecule has 1 aromatic rings. The number of carbonyl (C=O) groups is 2. The Morgan fingerprint density at radius 1 is 1.38 bits per heavy atom. The fourth-order valence-corrected chi connectivity index (χ4v) is 2.77. The molecule has 0 spiro atoms. The van der Waals surface area contributed by atoms with Gasteiger partial charge in [0, 0.05) is 11.1 Å². The number of imide groups is 1. The van der Waals surface area contributed by atoms with Gasteiger partial charge in [0.1, 0.15) is 11.9 Å². The second-order valence-electron chi connectivity index (χ2n) is 5.10. The molecule has 1 fully saturated rings. The monoisotopic (exact) mass is 312 g/mol. The van der Waals surface area contributed by atoms with Crippen LogP contribution < -0.4 is 5.32 Å². The predicted octanol–water partition coefficient (Wildman–Crippen LogP) is 3.21. The van der Waals surface area contributed by atoms with Gasteiger partial charge < -0.3 is 5.32 Å². The van der Waals surface area contributed by atoms with E-state index in [0.717, 1.165) is 0 Å². The van der Waals surface area contributed by atoms with Crippen LogP contribution in [0.25, 0.3) is 0 Å².